The zero-order valence-electron chi connectivity index (χ0n) is 19.3. The van der Waals surface area contributed by atoms with Crippen LogP contribution in [-0.4, -0.2) is 39.6 Å². The number of aliphatic hydroxyl groups is 3. The number of rotatable bonds is 14. The molecule has 0 bridgehead atoms. The van der Waals surface area contributed by atoms with Crippen molar-refractivity contribution < 1.29 is 24.9 Å². The second-order valence-electron chi connectivity index (χ2n) is 8.81. The van der Waals surface area contributed by atoms with E-state index in [2.05, 4.69) is 6.92 Å². The third kappa shape index (κ3) is 9.68. The first-order valence-corrected chi connectivity index (χ1v) is 12.1. The van der Waals surface area contributed by atoms with E-state index < -0.39 is 18.3 Å². The van der Waals surface area contributed by atoms with E-state index in [1.54, 1.807) is 6.08 Å². The first kappa shape index (κ1) is 26.3. The van der Waals surface area contributed by atoms with Crippen molar-refractivity contribution in [2.24, 2.45) is 11.8 Å². The van der Waals surface area contributed by atoms with Gasteiger partial charge in [0.1, 0.15) is 6.61 Å². The Bertz CT molecular complexity index is 699. The molecule has 0 radical (unpaired) electrons. The summed E-state index contributed by atoms with van der Waals surface area (Å²) < 4.78 is 5.28. The fourth-order valence-electron chi connectivity index (χ4n) is 4.21. The molecular formula is C27H40O5. The van der Waals surface area contributed by atoms with E-state index in [0.717, 1.165) is 37.7 Å². The Morgan fingerprint density at radius 3 is 2.66 bits per heavy atom. The molecule has 3 N–H and O–H groups in total. The number of benzene rings is 1. The van der Waals surface area contributed by atoms with Crippen LogP contribution in [0.15, 0.2) is 54.6 Å². The minimum Gasteiger partial charge on any atom is -0.461 e. The van der Waals surface area contributed by atoms with Crippen LogP contribution < -0.4 is 0 Å². The fraction of sp³-hybridized carbons (Fsp3) is 0.593. The maximum atomic E-state index is 11.9. The van der Waals surface area contributed by atoms with Gasteiger partial charge in [-0.25, -0.2) is 0 Å². The molecule has 0 heterocycles. The molecule has 0 aromatic heterocycles. The highest BCUT2D eigenvalue weighted by Crippen LogP contribution is 2.36. The van der Waals surface area contributed by atoms with Gasteiger partial charge in [-0.2, -0.15) is 0 Å². The van der Waals surface area contributed by atoms with Crippen LogP contribution in [0.5, 0.6) is 0 Å². The van der Waals surface area contributed by atoms with Gasteiger partial charge < -0.3 is 20.1 Å². The average Bonchev–Trinajstić information content (AvgIpc) is 3.06. The summed E-state index contributed by atoms with van der Waals surface area (Å²) in [5.74, 6) is -0.404. The van der Waals surface area contributed by atoms with Crippen LogP contribution >= 0.6 is 0 Å². The normalized spacial score (nSPS) is 24.4. The zero-order valence-corrected chi connectivity index (χ0v) is 19.3. The summed E-state index contributed by atoms with van der Waals surface area (Å²) >= 11 is 0. The lowest BCUT2D eigenvalue weighted by atomic mass is 9.89. The number of hydrogen-bond donors (Lipinski definition) is 3. The van der Waals surface area contributed by atoms with Gasteiger partial charge in [0, 0.05) is 18.8 Å². The van der Waals surface area contributed by atoms with E-state index in [-0.39, 0.29) is 17.8 Å². The van der Waals surface area contributed by atoms with Gasteiger partial charge in [0.25, 0.3) is 0 Å². The van der Waals surface area contributed by atoms with Crippen molar-refractivity contribution in [1.82, 2.24) is 0 Å². The number of hydrogen-bond acceptors (Lipinski definition) is 5. The molecule has 1 saturated carbocycles. The van der Waals surface area contributed by atoms with Gasteiger partial charge >= 0.3 is 5.97 Å². The standard InChI is InChI=1S/C27H40O5/c1-2-3-7-14-22(28)17-18-24-23(25(29)19-26(24)30)15-10-4-5-11-16-27(31)32-20-21-12-8-6-9-13-21/h4,6,8-10,12-13,17-18,22-26,28-30H,2-3,5,7,11,14-16,19-20H2,1H3/b10-4-,18-17+/t22-,23+,24+,25-,26-/m0/s1. The molecule has 0 amide bonds. The number of aliphatic hydroxyl groups excluding tert-OH is 3. The van der Waals surface area contributed by atoms with Crippen molar-refractivity contribution in [1.29, 1.82) is 0 Å². The molecule has 0 unspecified atom stereocenters. The molecule has 1 aromatic carbocycles. The summed E-state index contributed by atoms with van der Waals surface area (Å²) in [5.41, 5.74) is 0.982. The van der Waals surface area contributed by atoms with Crippen LogP contribution in [0.25, 0.3) is 0 Å². The van der Waals surface area contributed by atoms with Gasteiger partial charge in [0.15, 0.2) is 0 Å². The smallest absolute Gasteiger partial charge is 0.306 e. The topological polar surface area (TPSA) is 87.0 Å². The van der Waals surface area contributed by atoms with Crippen molar-refractivity contribution >= 4 is 5.97 Å². The van der Waals surface area contributed by atoms with Gasteiger partial charge in [-0.3, -0.25) is 4.79 Å². The Labute approximate surface area is 192 Å². The first-order valence-electron chi connectivity index (χ1n) is 12.1. The number of carbonyl (C=O) groups excluding carboxylic acids is 1. The third-order valence-corrected chi connectivity index (χ3v) is 6.14. The number of ether oxygens (including phenoxy) is 1. The molecule has 1 aliphatic rings. The molecule has 2 rings (SSSR count). The summed E-state index contributed by atoms with van der Waals surface area (Å²) in [6.07, 6.45) is 12.9. The molecule has 0 aliphatic heterocycles. The lowest BCUT2D eigenvalue weighted by Gasteiger charge is -2.19. The molecular weight excluding hydrogens is 404 g/mol. The Morgan fingerprint density at radius 2 is 1.91 bits per heavy atom. The number of carbonyl (C=O) groups is 1. The lowest BCUT2D eigenvalue weighted by Crippen LogP contribution is -2.20. The summed E-state index contributed by atoms with van der Waals surface area (Å²) in [5, 5.41) is 30.8. The SMILES string of the molecule is CCCCC[C@H](O)/C=C/[C@@H]1[C@@H](C/C=C\CCCC(=O)OCc2ccccc2)[C@@H](O)C[C@@H]1O. The maximum Gasteiger partial charge on any atom is 0.306 e. The van der Waals surface area contributed by atoms with Gasteiger partial charge in [-0.15, -0.1) is 0 Å². The molecule has 5 heteroatoms. The molecule has 1 aliphatic carbocycles. The molecule has 5 atom stereocenters. The Balaban J connectivity index is 1.68. The van der Waals surface area contributed by atoms with E-state index in [4.69, 9.17) is 4.74 Å². The molecule has 32 heavy (non-hydrogen) atoms. The van der Waals surface area contributed by atoms with E-state index in [1.165, 1.54) is 0 Å². The second kappa shape index (κ2) is 15.0. The van der Waals surface area contributed by atoms with E-state index >= 15 is 0 Å². The van der Waals surface area contributed by atoms with Crippen molar-refractivity contribution in [2.45, 2.75) is 89.6 Å². The first-order chi connectivity index (χ1) is 15.5. The van der Waals surface area contributed by atoms with Crippen LogP contribution in [0.3, 0.4) is 0 Å². The Hall–Kier alpha value is -1.95. The Morgan fingerprint density at radius 1 is 1.12 bits per heavy atom. The largest absolute Gasteiger partial charge is 0.461 e. The lowest BCUT2D eigenvalue weighted by molar-refractivity contribution is -0.145. The molecule has 5 nitrogen and oxygen atoms in total. The third-order valence-electron chi connectivity index (χ3n) is 6.14. The monoisotopic (exact) mass is 444 g/mol. The van der Waals surface area contributed by atoms with Gasteiger partial charge in [-0.1, -0.05) is 80.8 Å². The van der Waals surface area contributed by atoms with Crippen LogP contribution in [0, 0.1) is 11.8 Å². The maximum absolute atomic E-state index is 11.9. The minimum atomic E-state index is -0.582. The Kier molecular flexibility index (Phi) is 12.3. The number of allylic oxidation sites excluding steroid dienone is 2. The zero-order chi connectivity index (χ0) is 23.2. The minimum absolute atomic E-state index is 0.0591. The highest BCUT2D eigenvalue weighted by molar-refractivity contribution is 5.69. The van der Waals surface area contributed by atoms with Crippen LogP contribution in [0.1, 0.15) is 70.3 Å². The van der Waals surface area contributed by atoms with Crippen molar-refractivity contribution in [3.8, 4) is 0 Å². The van der Waals surface area contributed by atoms with E-state index in [1.807, 2.05) is 48.6 Å². The van der Waals surface area contributed by atoms with Gasteiger partial charge in [-0.05, 0) is 37.2 Å². The quantitative estimate of drug-likeness (QED) is 0.220. The second-order valence-corrected chi connectivity index (χ2v) is 8.81. The number of unbranched alkanes of at least 4 members (excludes halogenated alkanes) is 3. The summed E-state index contributed by atoms with van der Waals surface area (Å²) in [6, 6.07) is 9.63. The molecule has 1 fully saturated rings. The molecule has 178 valence electrons. The summed E-state index contributed by atoms with van der Waals surface area (Å²) in [7, 11) is 0. The van der Waals surface area contributed by atoms with Crippen LogP contribution in [0.2, 0.25) is 0 Å². The van der Waals surface area contributed by atoms with E-state index in [0.29, 0.717) is 32.3 Å². The predicted molar refractivity (Wildman–Crippen MR) is 127 cm³/mol. The van der Waals surface area contributed by atoms with Gasteiger partial charge in [0.2, 0.25) is 0 Å². The highest BCUT2D eigenvalue weighted by Gasteiger charge is 2.39. The van der Waals surface area contributed by atoms with Gasteiger partial charge in [0.05, 0.1) is 18.3 Å². The summed E-state index contributed by atoms with van der Waals surface area (Å²) in [6.45, 7) is 2.44. The van der Waals surface area contributed by atoms with Crippen molar-refractivity contribution in [2.75, 3.05) is 0 Å². The molecule has 1 aromatic rings. The van der Waals surface area contributed by atoms with Crippen molar-refractivity contribution in [3.63, 3.8) is 0 Å². The number of esters is 1. The van der Waals surface area contributed by atoms with E-state index in [9.17, 15) is 20.1 Å². The molecule has 0 saturated heterocycles. The van der Waals surface area contributed by atoms with Crippen LogP contribution in [0.4, 0.5) is 0 Å². The molecule has 0 spiro atoms. The fourth-order valence-corrected chi connectivity index (χ4v) is 4.21. The predicted octanol–water partition coefficient (Wildman–Crippen LogP) is 4.70. The van der Waals surface area contributed by atoms with Crippen LogP contribution in [-0.2, 0) is 16.1 Å². The highest BCUT2D eigenvalue weighted by atomic mass is 16.5. The summed E-state index contributed by atoms with van der Waals surface area (Å²) in [4.78, 5) is 11.9. The average molecular weight is 445 g/mol. The van der Waals surface area contributed by atoms with Crippen molar-refractivity contribution in [3.05, 3.63) is 60.2 Å².